The van der Waals surface area contributed by atoms with E-state index < -0.39 is 5.82 Å². The molecule has 17 heavy (non-hydrogen) atoms. The van der Waals surface area contributed by atoms with E-state index in [2.05, 4.69) is 4.98 Å². The van der Waals surface area contributed by atoms with Crippen LogP contribution >= 0.6 is 0 Å². The van der Waals surface area contributed by atoms with Crippen molar-refractivity contribution in [3.05, 3.63) is 41.7 Å². The predicted molar refractivity (Wildman–Crippen MR) is 64.3 cm³/mol. The zero-order valence-corrected chi connectivity index (χ0v) is 9.27. The normalized spacial score (nSPS) is 10.2. The molecule has 4 nitrogen and oxygen atoms in total. The second-order valence-corrected chi connectivity index (χ2v) is 3.66. The van der Waals surface area contributed by atoms with E-state index in [-0.39, 0.29) is 17.4 Å². The highest BCUT2D eigenvalue weighted by atomic mass is 19.1. The van der Waals surface area contributed by atoms with Crippen LogP contribution in [0.4, 0.5) is 15.9 Å². The number of anilines is 2. The summed E-state index contributed by atoms with van der Waals surface area (Å²) >= 11 is 0. The Morgan fingerprint density at radius 1 is 1.18 bits per heavy atom. The summed E-state index contributed by atoms with van der Waals surface area (Å²) in [5.41, 5.74) is 12.3. The summed E-state index contributed by atoms with van der Waals surface area (Å²) in [4.78, 5) is 3.90. The van der Waals surface area contributed by atoms with E-state index in [0.29, 0.717) is 5.69 Å². The molecular formula is C12H12FN3O. The molecule has 0 radical (unpaired) electrons. The number of hydrogen-bond donors (Lipinski definition) is 2. The van der Waals surface area contributed by atoms with Crippen LogP contribution in [0.25, 0.3) is 0 Å². The van der Waals surface area contributed by atoms with Gasteiger partial charge >= 0.3 is 0 Å². The van der Waals surface area contributed by atoms with Gasteiger partial charge in [-0.05, 0) is 30.7 Å². The maximum absolute atomic E-state index is 13.4. The van der Waals surface area contributed by atoms with E-state index in [1.54, 1.807) is 18.2 Å². The molecule has 0 atom stereocenters. The zero-order chi connectivity index (χ0) is 12.4. The van der Waals surface area contributed by atoms with Gasteiger partial charge in [0.2, 0.25) is 5.88 Å². The van der Waals surface area contributed by atoms with Crippen molar-refractivity contribution in [3.8, 4) is 11.6 Å². The fourth-order valence-corrected chi connectivity index (χ4v) is 1.33. The lowest BCUT2D eigenvalue weighted by Gasteiger charge is -2.07. The van der Waals surface area contributed by atoms with E-state index in [1.807, 2.05) is 6.92 Å². The van der Waals surface area contributed by atoms with Crippen LogP contribution in [0.2, 0.25) is 0 Å². The van der Waals surface area contributed by atoms with Crippen LogP contribution in [0.15, 0.2) is 30.3 Å². The molecule has 5 heteroatoms. The molecule has 0 fully saturated rings. The number of benzene rings is 1. The molecule has 0 amide bonds. The molecular weight excluding hydrogens is 221 g/mol. The van der Waals surface area contributed by atoms with Crippen LogP contribution < -0.4 is 16.2 Å². The van der Waals surface area contributed by atoms with Crippen LogP contribution in [0.5, 0.6) is 11.6 Å². The van der Waals surface area contributed by atoms with E-state index in [9.17, 15) is 4.39 Å². The zero-order valence-electron chi connectivity index (χ0n) is 9.27. The number of nitrogens with two attached hydrogens (primary N) is 2. The van der Waals surface area contributed by atoms with Crippen molar-refractivity contribution < 1.29 is 9.13 Å². The first-order chi connectivity index (χ1) is 8.06. The van der Waals surface area contributed by atoms with Crippen molar-refractivity contribution in [2.45, 2.75) is 6.92 Å². The third-order valence-electron chi connectivity index (χ3n) is 2.23. The topological polar surface area (TPSA) is 74.2 Å². The maximum atomic E-state index is 13.4. The van der Waals surface area contributed by atoms with E-state index >= 15 is 0 Å². The van der Waals surface area contributed by atoms with E-state index in [0.717, 1.165) is 5.56 Å². The Hall–Kier alpha value is -2.30. The van der Waals surface area contributed by atoms with Gasteiger partial charge in [-0.15, -0.1) is 0 Å². The molecule has 1 aromatic carbocycles. The largest absolute Gasteiger partial charge is 0.436 e. The van der Waals surface area contributed by atoms with Gasteiger partial charge in [0.15, 0.2) is 17.4 Å². The van der Waals surface area contributed by atoms with Crippen LogP contribution in [0.1, 0.15) is 5.56 Å². The number of aromatic nitrogens is 1. The Kier molecular flexibility index (Phi) is 2.82. The van der Waals surface area contributed by atoms with Crippen molar-refractivity contribution in [1.82, 2.24) is 4.98 Å². The summed E-state index contributed by atoms with van der Waals surface area (Å²) < 4.78 is 18.7. The minimum absolute atomic E-state index is 0.113. The number of nitrogens with zero attached hydrogens (tertiary/aromatic N) is 1. The number of hydrogen-bond acceptors (Lipinski definition) is 4. The molecule has 0 aliphatic rings. The molecule has 0 aliphatic carbocycles. The molecule has 0 saturated heterocycles. The predicted octanol–water partition coefficient (Wildman–Crippen LogP) is 2.49. The highest BCUT2D eigenvalue weighted by Gasteiger charge is 2.07. The highest BCUT2D eigenvalue weighted by Crippen LogP contribution is 2.25. The van der Waals surface area contributed by atoms with Gasteiger partial charge in [-0.1, -0.05) is 6.07 Å². The first-order valence-electron chi connectivity index (χ1n) is 5.02. The fourth-order valence-electron chi connectivity index (χ4n) is 1.33. The third kappa shape index (κ3) is 2.44. The standard InChI is InChI=1S/C12H12FN3O/c1-7-2-3-8(13)10(6-7)17-11-5-4-9(14)12(15)16-11/h2-6H,14H2,1H3,(H2,15,16). The Morgan fingerprint density at radius 2 is 1.94 bits per heavy atom. The van der Waals surface area contributed by atoms with Crippen molar-refractivity contribution in [1.29, 1.82) is 0 Å². The average molecular weight is 233 g/mol. The molecule has 88 valence electrons. The number of aryl methyl sites for hydroxylation is 1. The van der Waals surface area contributed by atoms with Crippen molar-refractivity contribution in [2.24, 2.45) is 0 Å². The molecule has 1 aromatic heterocycles. The van der Waals surface area contributed by atoms with Gasteiger partial charge in [0, 0.05) is 6.07 Å². The summed E-state index contributed by atoms with van der Waals surface area (Å²) in [5, 5.41) is 0. The van der Waals surface area contributed by atoms with Crippen molar-refractivity contribution in [3.63, 3.8) is 0 Å². The lowest BCUT2D eigenvalue weighted by Crippen LogP contribution is -1.99. The van der Waals surface area contributed by atoms with Gasteiger partial charge in [-0.25, -0.2) is 4.39 Å². The third-order valence-corrected chi connectivity index (χ3v) is 2.23. The summed E-state index contributed by atoms with van der Waals surface area (Å²) in [6.07, 6.45) is 0. The van der Waals surface area contributed by atoms with Crippen molar-refractivity contribution >= 4 is 11.5 Å². The second kappa shape index (κ2) is 4.29. The Morgan fingerprint density at radius 3 is 2.65 bits per heavy atom. The van der Waals surface area contributed by atoms with Gasteiger partial charge in [0.05, 0.1) is 5.69 Å². The summed E-state index contributed by atoms with van der Waals surface area (Å²) in [7, 11) is 0. The molecule has 1 heterocycles. The molecule has 0 unspecified atom stereocenters. The lowest BCUT2D eigenvalue weighted by molar-refractivity contribution is 0.428. The quantitative estimate of drug-likeness (QED) is 0.835. The summed E-state index contributed by atoms with van der Waals surface area (Å²) in [6.45, 7) is 1.84. The SMILES string of the molecule is Cc1ccc(F)c(Oc2ccc(N)c(N)n2)c1. The average Bonchev–Trinajstić information content (AvgIpc) is 2.29. The van der Waals surface area contributed by atoms with Crippen LogP contribution in [0, 0.1) is 12.7 Å². The number of ether oxygens (including phenoxy) is 1. The highest BCUT2D eigenvalue weighted by molar-refractivity contribution is 5.58. The van der Waals surface area contributed by atoms with Gasteiger partial charge in [-0.2, -0.15) is 4.98 Å². The Balaban J connectivity index is 2.31. The molecule has 2 aromatic rings. The summed E-state index contributed by atoms with van der Waals surface area (Å²) in [6, 6.07) is 7.68. The molecule has 0 saturated carbocycles. The van der Waals surface area contributed by atoms with E-state index in [4.69, 9.17) is 16.2 Å². The van der Waals surface area contributed by atoms with Crippen LogP contribution in [0.3, 0.4) is 0 Å². The van der Waals surface area contributed by atoms with Gasteiger partial charge in [0.25, 0.3) is 0 Å². The van der Waals surface area contributed by atoms with Crippen LogP contribution in [-0.2, 0) is 0 Å². The summed E-state index contributed by atoms with van der Waals surface area (Å²) in [5.74, 6) is 0.0335. The monoisotopic (exact) mass is 233 g/mol. The lowest BCUT2D eigenvalue weighted by atomic mass is 10.2. The second-order valence-electron chi connectivity index (χ2n) is 3.66. The van der Waals surface area contributed by atoms with Gasteiger partial charge < -0.3 is 16.2 Å². The number of halogens is 1. The Bertz CT molecular complexity index is 557. The molecule has 0 spiro atoms. The van der Waals surface area contributed by atoms with Gasteiger partial charge in [-0.3, -0.25) is 0 Å². The van der Waals surface area contributed by atoms with Crippen LogP contribution in [-0.4, -0.2) is 4.98 Å². The van der Waals surface area contributed by atoms with Gasteiger partial charge in [0.1, 0.15) is 0 Å². The van der Waals surface area contributed by atoms with E-state index in [1.165, 1.54) is 12.1 Å². The number of nitrogen functional groups attached to an aromatic ring is 2. The molecule has 0 aliphatic heterocycles. The number of pyridine rings is 1. The Labute approximate surface area is 98.0 Å². The first-order valence-corrected chi connectivity index (χ1v) is 5.02. The van der Waals surface area contributed by atoms with Crippen molar-refractivity contribution in [2.75, 3.05) is 11.5 Å². The molecule has 2 rings (SSSR count). The minimum atomic E-state index is -0.451. The smallest absolute Gasteiger partial charge is 0.221 e. The fraction of sp³-hybridized carbons (Fsp3) is 0.0833. The minimum Gasteiger partial charge on any atom is -0.436 e. The molecule has 4 N–H and O–H groups in total. The number of rotatable bonds is 2. The maximum Gasteiger partial charge on any atom is 0.221 e. The molecule has 0 bridgehead atoms. The first kappa shape index (κ1) is 11.2.